The first-order valence-corrected chi connectivity index (χ1v) is 8.87. The van der Waals surface area contributed by atoms with Crippen LogP contribution in [0.3, 0.4) is 0 Å². The molecule has 2 heterocycles. The molecule has 0 spiro atoms. The van der Waals surface area contributed by atoms with E-state index < -0.39 is 0 Å². The van der Waals surface area contributed by atoms with E-state index in [1.54, 1.807) is 29.3 Å². The Kier molecular flexibility index (Phi) is 4.50. The number of hydrogen-bond donors (Lipinski definition) is 1. The standard InChI is InChI=1S/C20H20N4O2/c25-24(26)18-8-9-19(20-17(18)7-4-10-21-20)23-13-11-22(12-14-23)15-16-5-2-1-3-6-16/h1-10H,11-15H2/p+1. The van der Waals surface area contributed by atoms with Crippen LogP contribution in [0.2, 0.25) is 0 Å². The van der Waals surface area contributed by atoms with Crippen molar-refractivity contribution in [2.45, 2.75) is 6.54 Å². The largest absolute Gasteiger partial charge is 0.358 e. The van der Waals surface area contributed by atoms with Gasteiger partial charge in [-0.25, -0.2) is 0 Å². The molecular weight excluding hydrogens is 328 g/mol. The van der Waals surface area contributed by atoms with Crippen molar-refractivity contribution in [1.29, 1.82) is 0 Å². The normalized spacial score (nSPS) is 15.3. The molecule has 1 saturated heterocycles. The Morgan fingerprint density at radius 2 is 1.81 bits per heavy atom. The van der Waals surface area contributed by atoms with Crippen LogP contribution in [-0.4, -0.2) is 36.1 Å². The number of nitrogens with one attached hydrogen (secondary N) is 1. The minimum absolute atomic E-state index is 0.116. The molecule has 1 aromatic heterocycles. The molecule has 6 heteroatoms. The molecule has 0 amide bonds. The second-order valence-corrected chi connectivity index (χ2v) is 6.66. The van der Waals surface area contributed by atoms with Crippen molar-refractivity contribution >= 4 is 22.3 Å². The maximum Gasteiger partial charge on any atom is 0.278 e. The van der Waals surface area contributed by atoms with Crippen LogP contribution in [0.25, 0.3) is 10.9 Å². The van der Waals surface area contributed by atoms with Gasteiger partial charge in [0.25, 0.3) is 5.69 Å². The number of benzene rings is 2. The number of nitrogens with zero attached hydrogens (tertiary/aromatic N) is 3. The summed E-state index contributed by atoms with van der Waals surface area (Å²) >= 11 is 0. The smallest absolute Gasteiger partial charge is 0.278 e. The predicted molar refractivity (Wildman–Crippen MR) is 101 cm³/mol. The third-order valence-corrected chi connectivity index (χ3v) is 5.03. The van der Waals surface area contributed by atoms with Gasteiger partial charge in [0.05, 0.1) is 42.2 Å². The van der Waals surface area contributed by atoms with Crippen LogP contribution in [0.5, 0.6) is 0 Å². The van der Waals surface area contributed by atoms with Crippen LogP contribution >= 0.6 is 0 Å². The molecule has 1 aliphatic heterocycles. The summed E-state index contributed by atoms with van der Waals surface area (Å²) in [5.74, 6) is 0. The molecule has 1 N–H and O–H groups in total. The molecule has 1 fully saturated rings. The van der Waals surface area contributed by atoms with E-state index in [2.05, 4.69) is 34.1 Å². The minimum Gasteiger partial charge on any atom is -0.358 e. The van der Waals surface area contributed by atoms with E-state index in [9.17, 15) is 10.1 Å². The highest BCUT2D eigenvalue weighted by atomic mass is 16.6. The number of nitro benzene ring substituents is 1. The lowest BCUT2D eigenvalue weighted by atomic mass is 10.1. The average Bonchev–Trinajstić information content (AvgIpc) is 2.68. The zero-order chi connectivity index (χ0) is 17.9. The van der Waals surface area contributed by atoms with Crippen molar-refractivity contribution in [3.05, 3.63) is 76.5 Å². The molecule has 0 saturated carbocycles. The quantitative estimate of drug-likeness (QED) is 0.578. The van der Waals surface area contributed by atoms with E-state index >= 15 is 0 Å². The summed E-state index contributed by atoms with van der Waals surface area (Å²) in [6.45, 7) is 4.96. The lowest BCUT2D eigenvalue weighted by Gasteiger charge is -2.34. The van der Waals surface area contributed by atoms with E-state index in [1.807, 2.05) is 12.1 Å². The van der Waals surface area contributed by atoms with Gasteiger partial charge in [0.1, 0.15) is 12.1 Å². The lowest BCUT2D eigenvalue weighted by molar-refractivity contribution is -0.914. The molecule has 0 atom stereocenters. The van der Waals surface area contributed by atoms with E-state index in [0.717, 1.165) is 38.4 Å². The Morgan fingerprint density at radius 1 is 1.04 bits per heavy atom. The van der Waals surface area contributed by atoms with Crippen molar-refractivity contribution in [3.8, 4) is 0 Å². The van der Waals surface area contributed by atoms with Gasteiger partial charge in [0.15, 0.2) is 0 Å². The highest BCUT2D eigenvalue weighted by molar-refractivity contribution is 5.97. The van der Waals surface area contributed by atoms with E-state index in [4.69, 9.17) is 0 Å². The number of fused-ring (bicyclic) bond motifs is 1. The van der Waals surface area contributed by atoms with Crippen LogP contribution in [0, 0.1) is 10.1 Å². The number of anilines is 1. The zero-order valence-corrected chi connectivity index (χ0v) is 14.5. The van der Waals surface area contributed by atoms with E-state index in [0.29, 0.717) is 10.9 Å². The van der Waals surface area contributed by atoms with E-state index in [1.165, 1.54) is 5.56 Å². The third kappa shape index (κ3) is 3.23. The van der Waals surface area contributed by atoms with E-state index in [-0.39, 0.29) is 10.6 Å². The number of pyridine rings is 1. The second-order valence-electron chi connectivity index (χ2n) is 6.66. The van der Waals surface area contributed by atoms with Crippen molar-refractivity contribution in [1.82, 2.24) is 4.98 Å². The van der Waals surface area contributed by atoms with Crippen molar-refractivity contribution in [3.63, 3.8) is 0 Å². The van der Waals surface area contributed by atoms with Crippen LogP contribution in [0.15, 0.2) is 60.8 Å². The number of piperazine rings is 1. The molecule has 0 unspecified atom stereocenters. The van der Waals surface area contributed by atoms with Gasteiger partial charge in [-0.05, 0) is 18.2 Å². The lowest BCUT2D eigenvalue weighted by Crippen LogP contribution is -3.13. The molecule has 1 aliphatic rings. The molecule has 0 aliphatic carbocycles. The Bertz CT molecular complexity index is 922. The number of non-ortho nitro benzene ring substituents is 1. The summed E-state index contributed by atoms with van der Waals surface area (Å²) in [5.41, 5.74) is 3.18. The first-order valence-electron chi connectivity index (χ1n) is 8.87. The van der Waals surface area contributed by atoms with Crippen molar-refractivity contribution in [2.75, 3.05) is 31.1 Å². The Hall–Kier alpha value is -2.99. The Labute approximate surface area is 151 Å². The van der Waals surface area contributed by atoms with Gasteiger partial charge in [-0.15, -0.1) is 0 Å². The van der Waals surface area contributed by atoms with Gasteiger partial charge in [-0.1, -0.05) is 30.3 Å². The number of aromatic nitrogens is 1. The first-order chi connectivity index (χ1) is 12.7. The minimum atomic E-state index is -0.338. The summed E-state index contributed by atoms with van der Waals surface area (Å²) in [6, 6.07) is 17.5. The highest BCUT2D eigenvalue weighted by Gasteiger charge is 2.24. The maximum absolute atomic E-state index is 11.3. The molecule has 132 valence electrons. The number of quaternary nitrogens is 1. The average molecular weight is 349 g/mol. The maximum atomic E-state index is 11.3. The van der Waals surface area contributed by atoms with Gasteiger partial charge < -0.3 is 9.80 Å². The molecule has 6 nitrogen and oxygen atoms in total. The molecule has 0 radical (unpaired) electrons. The second kappa shape index (κ2) is 7.09. The van der Waals surface area contributed by atoms with Gasteiger partial charge in [0.2, 0.25) is 0 Å². The molecule has 0 bridgehead atoms. The SMILES string of the molecule is O=[N+]([O-])c1ccc(N2CC[NH+](Cc3ccccc3)CC2)c2ncccc12. The van der Waals surface area contributed by atoms with Gasteiger partial charge in [0, 0.05) is 17.8 Å². The van der Waals surface area contributed by atoms with Crippen molar-refractivity contribution < 1.29 is 9.82 Å². The molecule has 26 heavy (non-hydrogen) atoms. The Morgan fingerprint density at radius 3 is 2.54 bits per heavy atom. The van der Waals surface area contributed by atoms with Crippen molar-refractivity contribution in [2.24, 2.45) is 0 Å². The van der Waals surface area contributed by atoms with Crippen LogP contribution in [0.4, 0.5) is 11.4 Å². The fraction of sp³-hybridized carbons (Fsp3) is 0.250. The molecular formula is C20H21N4O2+. The third-order valence-electron chi connectivity index (χ3n) is 5.03. The van der Waals surface area contributed by atoms with Crippen LogP contribution in [-0.2, 0) is 6.54 Å². The highest BCUT2D eigenvalue weighted by Crippen LogP contribution is 2.31. The number of hydrogen-bond acceptors (Lipinski definition) is 4. The van der Waals surface area contributed by atoms with Gasteiger partial charge >= 0.3 is 0 Å². The fourth-order valence-corrected chi connectivity index (χ4v) is 3.68. The summed E-state index contributed by atoms with van der Waals surface area (Å²) in [5, 5.41) is 11.9. The first kappa shape index (κ1) is 16.5. The predicted octanol–water partition coefficient (Wildman–Crippen LogP) is 2.05. The number of nitro groups is 1. The monoisotopic (exact) mass is 349 g/mol. The van der Waals surface area contributed by atoms with Crippen LogP contribution in [0.1, 0.15) is 5.56 Å². The summed E-state index contributed by atoms with van der Waals surface area (Å²) in [4.78, 5) is 19.2. The summed E-state index contributed by atoms with van der Waals surface area (Å²) in [6.07, 6.45) is 1.70. The molecule has 3 aromatic rings. The summed E-state index contributed by atoms with van der Waals surface area (Å²) < 4.78 is 0. The Balaban J connectivity index is 1.53. The van der Waals surface area contributed by atoms with Gasteiger partial charge in [-0.2, -0.15) is 0 Å². The molecule has 2 aromatic carbocycles. The topological polar surface area (TPSA) is 63.7 Å². The van der Waals surface area contributed by atoms with Crippen LogP contribution < -0.4 is 9.80 Å². The molecule has 4 rings (SSSR count). The zero-order valence-electron chi connectivity index (χ0n) is 14.5. The number of rotatable bonds is 4. The van der Waals surface area contributed by atoms with Gasteiger partial charge in [-0.3, -0.25) is 15.1 Å². The summed E-state index contributed by atoms with van der Waals surface area (Å²) in [7, 11) is 0. The fourth-order valence-electron chi connectivity index (χ4n) is 3.68.